The van der Waals surface area contributed by atoms with E-state index in [1.165, 1.54) is 25.1 Å². The Kier molecular flexibility index (Phi) is 6.02. The van der Waals surface area contributed by atoms with Crippen LogP contribution in [-0.2, 0) is 4.79 Å². The summed E-state index contributed by atoms with van der Waals surface area (Å²) in [6, 6.07) is 8.68. The number of anilines is 1. The first-order valence-corrected chi connectivity index (χ1v) is 7.95. The third-order valence-corrected chi connectivity index (χ3v) is 3.58. The number of halogens is 1. The van der Waals surface area contributed by atoms with Crippen molar-refractivity contribution < 1.29 is 19.6 Å². The maximum atomic E-state index is 12.0. The fraction of sp³-hybridized carbons (Fsp3) is 0.0625. The molecule has 0 fully saturated rings. The van der Waals surface area contributed by atoms with Crippen molar-refractivity contribution in [1.29, 1.82) is 0 Å². The highest BCUT2D eigenvalue weighted by Crippen LogP contribution is 2.32. The SMILES string of the molecule is CC(=O)Nc1ccc(C(=O)N/N=C\c2cc(Br)cc([N+](=O)[O-])c2O)cc1. The van der Waals surface area contributed by atoms with Gasteiger partial charge in [-0.1, -0.05) is 15.9 Å². The lowest BCUT2D eigenvalue weighted by Crippen LogP contribution is -2.17. The largest absolute Gasteiger partial charge is 0.502 e. The van der Waals surface area contributed by atoms with Crippen LogP contribution in [0.5, 0.6) is 5.75 Å². The lowest BCUT2D eigenvalue weighted by atomic mass is 10.2. The summed E-state index contributed by atoms with van der Waals surface area (Å²) in [4.78, 5) is 33.1. The quantitative estimate of drug-likeness (QED) is 0.388. The molecule has 0 atom stereocenters. The number of phenolic OH excluding ortho intramolecular Hbond substituents is 1. The van der Waals surface area contributed by atoms with Crippen molar-refractivity contribution in [3.05, 3.63) is 62.1 Å². The van der Waals surface area contributed by atoms with Crippen molar-refractivity contribution in [3.63, 3.8) is 0 Å². The Morgan fingerprint density at radius 1 is 1.27 bits per heavy atom. The number of hydrogen-bond acceptors (Lipinski definition) is 6. The van der Waals surface area contributed by atoms with Crippen LogP contribution in [0.15, 0.2) is 46.0 Å². The van der Waals surface area contributed by atoms with Crippen LogP contribution in [0.1, 0.15) is 22.8 Å². The molecule has 0 saturated heterocycles. The third-order valence-electron chi connectivity index (χ3n) is 3.12. The Bertz CT molecular complexity index is 896. The molecule has 0 bridgehead atoms. The lowest BCUT2D eigenvalue weighted by molar-refractivity contribution is -0.385. The van der Waals surface area contributed by atoms with Crippen molar-refractivity contribution in [2.24, 2.45) is 5.10 Å². The monoisotopic (exact) mass is 420 g/mol. The summed E-state index contributed by atoms with van der Waals surface area (Å²) in [7, 11) is 0. The molecule has 3 N–H and O–H groups in total. The molecule has 0 aliphatic heterocycles. The van der Waals surface area contributed by atoms with E-state index in [9.17, 15) is 24.8 Å². The molecule has 0 aliphatic carbocycles. The molecule has 10 heteroatoms. The van der Waals surface area contributed by atoms with E-state index in [-0.39, 0.29) is 11.5 Å². The van der Waals surface area contributed by atoms with Gasteiger partial charge < -0.3 is 10.4 Å². The van der Waals surface area contributed by atoms with Crippen LogP contribution in [0, 0.1) is 10.1 Å². The number of nitrogens with one attached hydrogen (secondary N) is 2. The number of phenols is 1. The summed E-state index contributed by atoms with van der Waals surface area (Å²) >= 11 is 3.10. The topological polar surface area (TPSA) is 134 Å². The predicted molar refractivity (Wildman–Crippen MR) is 98.3 cm³/mol. The number of nitrogens with zero attached hydrogens (tertiary/aromatic N) is 2. The Hall–Kier alpha value is -3.27. The van der Waals surface area contributed by atoms with Crippen LogP contribution in [-0.4, -0.2) is 28.1 Å². The first-order valence-electron chi connectivity index (χ1n) is 7.16. The van der Waals surface area contributed by atoms with Crippen molar-refractivity contribution in [2.45, 2.75) is 6.92 Å². The highest BCUT2D eigenvalue weighted by atomic mass is 79.9. The first kappa shape index (κ1) is 19.1. The van der Waals surface area contributed by atoms with E-state index in [2.05, 4.69) is 31.8 Å². The van der Waals surface area contributed by atoms with Gasteiger partial charge in [-0.15, -0.1) is 0 Å². The third kappa shape index (κ3) is 4.86. The summed E-state index contributed by atoms with van der Waals surface area (Å²) in [6.07, 6.45) is 1.09. The average Bonchev–Trinajstić information content (AvgIpc) is 2.57. The number of hydrazone groups is 1. The van der Waals surface area contributed by atoms with Crippen molar-refractivity contribution >= 4 is 45.3 Å². The van der Waals surface area contributed by atoms with E-state index in [0.29, 0.717) is 15.7 Å². The summed E-state index contributed by atoms with van der Waals surface area (Å²) in [6.45, 7) is 1.37. The van der Waals surface area contributed by atoms with Gasteiger partial charge in [-0.05, 0) is 30.3 Å². The van der Waals surface area contributed by atoms with Gasteiger partial charge in [0.25, 0.3) is 5.91 Å². The van der Waals surface area contributed by atoms with Gasteiger partial charge in [0.2, 0.25) is 11.7 Å². The van der Waals surface area contributed by atoms with Crippen LogP contribution >= 0.6 is 15.9 Å². The number of carbonyl (C=O) groups excluding carboxylic acids is 2. The maximum Gasteiger partial charge on any atom is 0.312 e. The van der Waals surface area contributed by atoms with Crippen LogP contribution in [0.2, 0.25) is 0 Å². The zero-order chi connectivity index (χ0) is 19.3. The number of hydrogen-bond donors (Lipinski definition) is 3. The molecule has 2 rings (SSSR count). The number of rotatable bonds is 5. The summed E-state index contributed by atoms with van der Waals surface area (Å²) in [5.74, 6) is -1.31. The Morgan fingerprint density at radius 2 is 1.92 bits per heavy atom. The number of amides is 2. The average molecular weight is 421 g/mol. The number of carbonyl (C=O) groups is 2. The van der Waals surface area contributed by atoms with Crippen molar-refractivity contribution in [3.8, 4) is 5.75 Å². The molecular weight excluding hydrogens is 408 g/mol. The predicted octanol–water partition coefficient (Wildman–Crippen LogP) is 2.79. The smallest absolute Gasteiger partial charge is 0.312 e. The lowest BCUT2D eigenvalue weighted by Gasteiger charge is -2.04. The summed E-state index contributed by atoms with van der Waals surface area (Å²) < 4.78 is 0.378. The minimum absolute atomic E-state index is 0.0624. The van der Waals surface area contributed by atoms with E-state index in [1.807, 2.05) is 0 Å². The highest BCUT2D eigenvalue weighted by molar-refractivity contribution is 9.10. The molecular formula is C16H13BrN4O5. The molecule has 9 nitrogen and oxygen atoms in total. The number of nitro groups is 1. The molecule has 0 radical (unpaired) electrons. The van der Waals surface area contributed by atoms with Crippen molar-refractivity contribution in [1.82, 2.24) is 5.43 Å². The minimum Gasteiger partial charge on any atom is -0.502 e. The normalized spacial score (nSPS) is 10.5. The molecule has 0 aromatic heterocycles. The van der Waals surface area contributed by atoms with E-state index < -0.39 is 22.3 Å². The molecule has 0 saturated carbocycles. The van der Waals surface area contributed by atoms with Crippen molar-refractivity contribution in [2.75, 3.05) is 5.32 Å². The molecule has 0 spiro atoms. The number of nitro benzene ring substituents is 1. The molecule has 0 aliphatic rings. The van der Waals surface area contributed by atoms with Crippen LogP contribution in [0.25, 0.3) is 0 Å². The molecule has 2 aromatic rings. The molecule has 0 heterocycles. The van der Waals surface area contributed by atoms with Gasteiger partial charge >= 0.3 is 5.69 Å². The fourth-order valence-corrected chi connectivity index (χ4v) is 2.44. The first-order chi connectivity index (χ1) is 12.3. The zero-order valence-corrected chi connectivity index (χ0v) is 15.0. The van der Waals surface area contributed by atoms with Crippen LogP contribution in [0.3, 0.4) is 0 Å². The summed E-state index contributed by atoms with van der Waals surface area (Å²) in [5.41, 5.74) is 2.66. The number of benzene rings is 2. The molecule has 0 unspecified atom stereocenters. The Labute approximate surface area is 156 Å². The van der Waals surface area contributed by atoms with Gasteiger partial charge in [0, 0.05) is 34.3 Å². The van der Waals surface area contributed by atoms with E-state index in [1.54, 1.807) is 12.1 Å². The second kappa shape index (κ2) is 8.21. The molecule has 2 amide bonds. The van der Waals surface area contributed by atoms with Crippen LogP contribution < -0.4 is 10.7 Å². The van der Waals surface area contributed by atoms with Gasteiger partial charge in [0.05, 0.1) is 11.1 Å². The Balaban J connectivity index is 2.10. The standard InChI is InChI=1S/C16H13BrN4O5/c1-9(22)19-13-4-2-10(3-5-13)16(24)20-18-8-11-6-12(17)7-14(15(11)23)21(25)26/h2-8,23H,1H3,(H,19,22)(H,20,24)/b18-8-. The van der Waals surface area contributed by atoms with Gasteiger partial charge in [0.15, 0.2) is 0 Å². The summed E-state index contributed by atoms with van der Waals surface area (Å²) in [5, 5.41) is 27.0. The van der Waals surface area contributed by atoms with Crippen LogP contribution in [0.4, 0.5) is 11.4 Å². The second-order valence-corrected chi connectivity index (χ2v) is 5.99. The maximum absolute atomic E-state index is 12.0. The van der Waals surface area contributed by atoms with Gasteiger partial charge in [-0.25, -0.2) is 5.43 Å². The van der Waals surface area contributed by atoms with E-state index in [4.69, 9.17) is 0 Å². The molecule has 2 aromatic carbocycles. The van der Waals surface area contributed by atoms with Gasteiger partial charge in [-0.2, -0.15) is 5.10 Å². The van der Waals surface area contributed by atoms with Gasteiger partial charge in [0.1, 0.15) is 0 Å². The van der Waals surface area contributed by atoms with E-state index >= 15 is 0 Å². The van der Waals surface area contributed by atoms with Gasteiger partial charge in [-0.3, -0.25) is 19.7 Å². The minimum atomic E-state index is -0.730. The zero-order valence-electron chi connectivity index (χ0n) is 13.4. The van der Waals surface area contributed by atoms with E-state index in [0.717, 1.165) is 12.3 Å². The molecule has 26 heavy (non-hydrogen) atoms. The Morgan fingerprint density at radius 3 is 2.50 bits per heavy atom. The fourth-order valence-electron chi connectivity index (χ4n) is 1.98. The second-order valence-electron chi connectivity index (χ2n) is 5.08. The highest BCUT2D eigenvalue weighted by Gasteiger charge is 2.17. The number of aromatic hydroxyl groups is 1. The molecule has 134 valence electrons.